The van der Waals surface area contributed by atoms with Crippen molar-refractivity contribution >= 4 is 22.5 Å². The maximum Gasteiger partial charge on any atom is 0.416 e. The summed E-state index contributed by atoms with van der Waals surface area (Å²) in [6.07, 6.45) is -2.72. The molecule has 142 valence electrons. The van der Waals surface area contributed by atoms with Gasteiger partial charge in [-0.2, -0.15) is 13.2 Å². The number of aromatic nitrogens is 2. The Bertz CT molecular complexity index is 1230. The van der Waals surface area contributed by atoms with Gasteiger partial charge in [0.2, 0.25) is 0 Å². The van der Waals surface area contributed by atoms with E-state index in [1.165, 1.54) is 25.3 Å². The third-order valence-corrected chi connectivity index (χ3v) is 4.49. The van der Waals surface area contributed by atoms with Crippen LogP contribution < -0.4 is 4.74 Å². The zero-order valence-corrected chi connectivity index (χ0v) is 14.5. The highest BCUT2D eigenvalue weighted by Crippen LogP contribution is 2.38. The third-order valence-electron chi connectivity index (χ3n) is 4.49. The lowest BCUT2D eigenvalue weighted by atomic mass is 10.1. The van der Waals surface area contributed by atoms with Crippen LogP contribution in [0, 0.1) is 0 Å². The predicted molar refractivity (Wildman–Crippen MR) is 96.6 cm³/mol. The number of aromatic carboxylic acids is 1. The minimum Gasteiger partial charge on any atom is -0.496 e. The van der Waals surface area contributed by atoms with Gasteiger partial charge in [0.15, 0.2) is 0 Å². The second-order valence-electron chi connectivity index (χ2n) is 6.15. The molecule has 0 aliphatic rings. The van der Waals surface area contributed by atoms with Crippen LogP contribution in [0.2, 0.25) is 0 Å². The molecular formula is C20H13F3N2O3. The van der Waals surface area contributed by atoms with Gasteiger partial charge in [0.1, 0.15) is 5.75 Å². The molecule has 0 unspecified atom stereocenters. The number of halogens is 3. The SMILES string of the molecule is COc1cc(C(F)(F)F)ccc1-c1nc2cc(C(=O)O)ccc2n2cccc12. The van der Waals surface area contributed by atoms with E-state index in [1.807, 2.05) is 0 Å². The number of alkyl halides is 3. The molecule has 0 spiro atoms. The molecule has 0 bridgehead atoms. The molecule has 2 heterocycles. The number of nitrogens with zero attached hydrogens (tertiary/aromatic N) is 2. The number of ether oxygens (including phenoxy) is 1. The summed E-state index contributed by atoms with van der Waals surface area (Å²) in [5.41, 5.74) is 1.76. The molecular weight excluding hydrogens is 373 g/mol. The Balaban J connectivity index is 2.02. The lowest BCUT2D eigenvalue weighted by Gasteiger charge is -2.14. The monoisotopic (exact) mass is 386 g/mol. The van der Waals surface area contributed by atoms with Crippen LogP contribution in [0.3, 0.4) is 0 Å². The number of methoxy groups -OCH3 is 1. The summed E-state index contributed by atoms with van der Waals surface area (Å²) in [6, 6.07) is 11.3. The van der Waals surface area contributed by atoms with Crippen molar-refractivity contribution in [2.75, 3.05) is 7.11 Å². The lowest BCUT2D eigenvalue weighted by Crippen LogP contribution is -2.06. The van der Waals surface area contributed by atoms with E-state index in [4.69, 9.17) is 4.74 Å². The molecule has 0 amide bonds. The highest BCUT2D eigenvalue weighted by atomic mass is 19.4. The van der Waals surface area contributed by atoms with Crippen LogP contribution in [0.1, 0.15) is 15.9 Å². The number of rotatable bonds is 3. The van der Waals surface area contributed by atoms with Crippen LogP contribution in [-0.2, 0) is 6.18 Å². The average molecular weight is 386 g/mol. The number of hydrogen-bond acceptors (Lipinski definition) is 3. The van der Waals surface area contributed by atoms with Crippen LogP contribution in [-0.4, -0.2) is 27.6 Å². The van der Waals surface area contributed by atoms with Gasteiger partial charge < -0.3 is 14.2 Å². The van der Waals surface area contributed by atoms with Gasteiger partial charge in [-0.1, -0.05) is 0 Å². The van der Waals surface area contributed by atoms with Crippen molar-refractivity contribution in [1.82, 2.24) is 9.38 Å². The Morgan fingerprint density at radius 2 is 1.89 bits per heavy atom. The molecule has 4 aromatic rings. The van der Waals surface area contributed by atoms with Crippen LogP contribution in [0.25, 0.3) is 27.8 Å². The van der Waals surface area contributed by atoms with Crippen LogP contribution in [0.15, 0.2) is 54.7 Å². The Hall–Kier alpha value is -3.55. The first kappa shape index (κ1) is 17.8. The molecule has 8 heteroatoms. The van der Waals surface area contributed by atoms with Crippen molar-refractivity contribution in [3.63, 3.8) is 0 Å². The zero-order chi connectivity index (χ0) is 20.1. The van der Waals surface area contributed by atoms with Gasteiger partial charge in [0, 0.05) is 11.8 Å². The molecule has 0 fully saturated rings. The lowest BCUT2D eigenvalue weighted by molar-refractivity contribution is -0.137. The van der Waals surface area contributed by atoms with Gasteiger partial charge in [-0.25, -0.2) is 9.78 Å². The summed E-state index contributed by atoms with van der Waals surface area (Å²) in [4.78, 5) is 15.8. The first-order valence-electron chi connectivity index (χ1n) is 8.19. The molecule has 0 aliphatic carbocycles. The van der Waals surface area contributed by atoms with Gasteiger partial charge in [0.25, 0.3) is 0 Å². The maximum absolute atomic E-state index is 13.0. The summed E-state index contributed by atoms with van der Waals surface area (Å²) >= 11 is 0. The molecule has 0 saturated heterocycles. The Morgan fingerprint density at radius 1 is 1.11 bits per heavy atom. The minimum absolute atomic E-state index is 0.0270. The molecule has 2 aromatic heterocycles. The van der Waals surface area contributed by atoms with Crippen molar-refractivity contribution in [2.45, 2.75) is 6.18 Å². The average Bonchev–Trinajstić information content (AvgIpc) is 3.15. The Kier molecular flexibility index (Phi) is 3.99. The second-order valence-corrected chi connectivity index (χ2v) is 6.15. The van der Waals surface area contributed by atoms with Crippen molar-refractivity contribution in [2.24, 2.45) is 0 Å². The number of carbonyl (C=O) groups is 1. The van der Waals surface area contributed by atoms with Gasteiger partial charge in [-0.15, -0.1) is 0 Å². The molecule has 0 saturated carbocycles. The van der Waals surface area contributed by atoms with Gasteiger partial charge in [-0.05, 0) is 48.5 Å². The molecule has 4 rings (SSSR count). The van der Waals surface area contributed by atoms with E-state index in [2.05, 4.69) is 4.98 Å². The number of carboxylic acid groups (broad SMARTS) is 1. The van der Waals surface area contributed by atoms with Crippen LogP contribution in [0.5, 0.6) is 5.75 Å². The zero-order valence-electron chi connectivity index (χ0n) is 14.5. The topological polar surface area (TPSA) is 63.8 Å². The third kappa shape index (κ3) is 2.83. The molecule has 2 aromatic carbocycles. The molecule has 0 radical (unpaired) electrons. The first-order valence-corrected chi connectivity index (χ1v) is 8.19. The fraction of sp³-hybridized carbons (Fsp3) is 0.100. The minimum atomic E-state index is -4.50. The van der Waals surface area contributed by atoms with E-state index in [0.29, 0.717) is 27.8 Å². The molecule has 28 heavy (non-hydrogen) atoms. The highest BCUT2D eigenvalue weighted by Gasteiger charge is 2.31. The summed E-state index contributed by atoms with van der Waals surface area (Å²) < 4.78 is 46.1. The molecule has 0 aliphatic heterocycles. The van der Waals surface area contributed by atoms with Crippen molar-refractivity contribution in [3.05, 3.63) is 65.9 Å². The summed E-state index contributed by atoms with van der Waals surface area (Å²) in [6.45, 7) is 0. The van der Waals surface area contributed by atoms with Crippen LogP contribution in [0.4, 0.5) is 13.2 Å². The fourth-order valence-corrected chi connectivity index (χ4v) is 3.17. The summed E-state index contributed by atoms with van der Waals surface area (Å²) in [5.74, 6) is -1.07. The standard InChI is InChI=1S/C20H13F3N2O3/c1-28-17-10-12(20(21,22)23)5-6-13(17)18-16-3-2-8-25(16)15-7-4-11(19(26)27)9-14(15)24-18/h2-10H,1H3,(H,26,27). The number of hydrogen-bond donors (Lipinski definition) is 1. The van der Waals surface area contributed by atoms with E-state index in [9.17, 15) is 23.1 Å². The van der Waals surface area contributed by atoms with Crippen molar-refractivity contribution in [3.8, 4) is 17.0 Å². The second kappa shape index (κ2) is 6.26. The molecule has 1 N–H and O–H groups in total. The van der Waals surface area contributed by atoms with E-state index < -0.39 is 17.7 Å². The highest BCUT2D eigenvalue weighted by molar-refractivity contribution is 5.95. The van der Waals surface area contributed by atoms with Crippen LogP contribution >= 0.6 is 0 Å². The van der Waals surface area contributed by atoms with Gasteiger partial charge in [0.05, 0.1) is 40.5 Å². The number of benzene rings is 2. The van der Waals surface area contributed by atoms with E-state index in [1.54, 1.807) is 28.8 Å². The Morgan fingerprint density at radius 3 is 2.57 bits per heavy atom. The van der Waals surface area contributed by atoms with E-state index in [-0.39, 0.29) is 11.3 Å². The largest absolute Gasteiger partial charge is 0.496 e. The summed E-state index contributed by atoms with van der Waals surface area (Å²) in [7, 11) is 1.29. The summed E-state index contributed by atoms with van der Waals surface area (Å²) in [5, 5.41) is 9.23. The molecule has 5 nitrogen and oxygen atoms in total. The molecule has 0 atom stereocenters. The fourth-order valence-electron chi connectivity index (χ4n) is 3.17. The Labute approximate surface area is 156 Å². The normalized spacial score (nSPS) is 11.9. The van der Waals surface area contributed by atoms with Gasteiger partial charge in [-0.3, -0.25) is 0 Å². The van der Waals surface area contributed by atoms with Crippen molar-refractivity contribution in [1.29, 1.82) is 0 Å². The van der Waals surface area contributed by atoms with Crippen molar-refractivity contribution < 1.29 is 27.8 Å². The maximum atomic E-state index is 13.0. The van der Waals surface area contributed by atoms with E-state index in [0.717, 1.165) is 12.1 Å². The van der Waals surface area contributed by atoms with E-state index >= 15 is 0 Å². The number of fused-ring (bicyclic) bond motifs is 3. The quantitative estimate of drug-likeness (QED) is 0.545. The van der Waals surface area contributed by atoms with Gasteiger partial charge >= 0.3 is 12.1 Å². The predicted octanol–water partition coefficient (Wildman–Crippen LogP) is 4.88. The number of carboxylic acids is 1. The smallest absolute Gasteiger partial charge is 0.416 e. The first-order chi connectivity index (χ1) is 13.3.